The van der Waals surface area contributed by atoms with Gasteiger partial charge in [-0.25, -0.2) is 14.7 Å². The van der Waals surface area contributed by atoms with Crippen molar-refractivity contribution in [3.63, 3.8) is 0 Å². The van der Waals surface area contributed by atoms with Gasteiger partial charge < -0.3 is 20.3 Å². The number of nitrogens with one attached hydrogen (secondary N) is 2. The van der Waals surface area contributed by atoms with Crippen molar-refractivity contribution in [1.29, 1.82) is 0 Å². The van der Waals surface area contributed by atoms with Gasteiger partial charge in [0.2, 0.25) is 5.91 Å². The Morgan fingerprint density at radius 1 is 1.24 bits per heavy atom. The van der Waals surface area contributed by atoms with Gasteiger partial charge in [-0.05, 0) is 38.2 Å². The fraction of sp³-hybridized carbons (Fsp3) is 0.435. The monoisotopic (exact) mass is 487 g/mol. The molecule has 1 aromatic heterocycles. The first-order chi connectivity index (χ1) is 16.2. The Morgan fingerprint density at radius 3 is 2.56 bits per heavy atom. The maximum absolute atomic E-state index is 13.1. The summed E-state index contributed by atoms with van der Waals surface area (Å²) in [5.74, 6) is -0.514. The maximum Gasteiger partial charge on any atom is 0.325 e. The Bertz CT molecular complexity index is 1050. The number of nitrogens with zero attached hydrogens (tertiary/aromatic N) is 3. The van der Waals surface area contributed by atoms with Crippen LogP contribution in [-0.4, -0.2) is 71.7 Å². The predicted molar refractivity (Wildman–Crippen MR) is 128 cm³/mol. The first-order valence-corrected chi connectivity index (χ1v) is 11.9. The van der Waals surface area contributed by atoms with Crippen LogP contribution in [0.15, 0.2) is 29.6 Å². The van der Waals surface area contributed by atoms with Crippen molar-refractivity contribution < 1.29 is 23.9 Å². The van der Waals surface area contributed by atoms with Crippen LogP contribution in [0, 0.1) is 0 Å². The van der Waals surface area contributed by atoms with Crippen molar-refractivity contribution in [1.82, 2.24) is 20.1 Å². The summed E-state index contributed by atoms with van der Waals surface area (Å²) in [6.45, 7) is 4.74. The van der Waals surface area contributed by atoms with Gasteiger partial charge in [0.25, 0.3) is 5.91 Å². The number of Topliss-reactive ketones (excluding diaryl/α,β-unsaturated/α-hetero) is 1. The molecule has 2 N–H and O–H groups in total. The van der Waals surface area contributed by atoms with E-state index in [4.69, 9.17) is 4.74 Å². The molecule has 4 amide bonds. The third-order valence-electron chi connectivity index (χ3n) is 5.33. The van der Waals surface area contributed by atoms with Crippen LogP contribution >= 0.6 is 11.3 Å². The van der Waals surface area contributed by atoms with Crippen molar-refractivity contribution in [2.75, 3.05) is 32.6 Å². The largest absolute Gasteiger partial charge is 0.492 e. The number of benzene rings is 1. The Hall–Kier alpha value is -3.31. The number of hydrogen-bond donors (Lipinski definition) is 2. The predicted octanol–water partition coefficient (Wildman–Crippen LogP) is 2.69. The Kier molecular flexibility index (Phi) is 8.35. The molecule has 1 aliphatic rings. The molecule has 1 aromatic carbocycles. The summed E-state index contributed by atoms with van der Waals surface area (Å²) in [5, 5.41) is 7.10. The standard InChI is InChI=1S/C23H29N5O5S/c1-5-17(20(30)26-22-24-16(13-34-22)18(29)6-2)28-21(31)19(25-23(28)32)14-7-9-15(10-8-14)33-12-11-27(3)4/h7-10,13,17,19H,5-6,11-12H2,1-4H3,(H,25,32)(H,24,26,30)/t17-,19-/m0/s1. The number of urea groups is 1. The smallest absolute Gasteiger partial charge is 0.325 e. The molecule has 1 fully saturated rings. The zero-order valence-electron chi connectivity index (χ0n) is 19.7. The van der Waals surface area contributed by atoms with E-state index < -0.39 is 29.9 Å². The highest BCUT2D eigenvalue weighted by Gasteiger charge is 2.44. The number of aromatic nitrogens is 1. The number of thiazole rings is 1. The fourth-order valence-electron chi connectivity index (χ4n) is 3.43. The van der Waals surface area contributed by atoms with E-state index in [0.29, 0.717) is 24.3 Å². The van der Waals surface area contributed by atoms with E-state index in [1.165, 1.54) is 0 Å². The van der Waals surface area contributed by atoms with E-state index in [-0.39, 0.29) is 23.0 Å². The van der Waals surface area contributed by atoms with Crippen molar-refractivity contribution in [2.24, 2.45) is 0 Å². The summed E-state index contributed by atoms with van der Waals surface area (Å²) in [5.41, 5.74) is 0.874. The highest BCUT2D eigenvalue weighted by atomic mass is 32.1. The van der Waals surface area contributed by atoms with E-state index >= 15 is 0 Å². The molecule has 3 rings (SSSR count). The molecule has 34 heavy (non-hydrogen) atoms. The SMILES string of the molecule is CCC(=O)c1csc(NC(=O)[C@H](CC)N2C(=O)N[C@@H](c3ccc(OCCN(C)C)cc3)C2=O)n1. The van der Waals surface area contributed by atoms with Crippen LogP contribution in [0.5, 0.6) is 5.75 Å². The Morgan fingerprint density at radius 2 is 1.94 bits per heavy atom. The Labute approximate surface area is 202 Å². The highest BCUT2D eigenvalue weighted by Crippen LogP contribution is 2.27. The molecular formula is C23H29N5O5S. The van der Waals surface area contributed by atoms with Crippen molar-refractivity contribution in [3.8, 4) is 5.75 Å². The lowest BCUT2D eigenvalue weighted by molar-refractivity contribution is -0.134. The number of carbonyl (C=O) groups is 4. The molecular weight excluding hydrogens is 458 g/mol. The van der Waals surface area contributed by atoms with Crippen LogP contribution in [-0.2, 0) is 9.59 Å². The molecule has 10 nitrogen and oxygen atoms in total. The molecule has 0 unspecified atom stereocenters. The van der Waals surface area contributed by atoms with Crippen molar-refractivity contribution in [3.05, 3.63) is 40.9 Å². The number of anilines is 1. The van der Waals surface area contributed by atoms with Gasteiger partial charge in [-0.15, -0.1) is 11.3 Å². The van der Waals surface area contributed by atoms with E-state index in [2.05, 4.69) is 15.6 Å². The number of imide groups is 1. The van der Waals surface area contributed by atoms with Crippen LogP contribution < -0.4 is 15.4 Å². The summed E-state index contributed by atoms with van der Waals surface area (Å²) in [7, 11) is 3.91. The summed E-state index contributed by atoms with van der Waals surface area (Å²) >= 11 is 1.12. The second-order valence-electron chi connectivity index (χ2n) is 8.04. The third-order valence-corrected chi connectivity index (χ3v) is 6.09. The fourth-order valence-corrected chi connectivity index (χ4v) is 4.15. The van der Waals surface area contributed by atoms with Crippen LogP contribution in [0.2, 0.25) is 0 Å². The van der Waals surface area contributed by atoms with Crippen molar-refractivity contribution >= 4 is 40.1 Å². The molecule has 2 aromatic rings. The minimum Gasteiger partial charge on any atom is -0.492 e. The molecule has 0 aliphatic carbocycles. The number of amides is 4. The number of ketones is 1. The van der Waals surface area contributed by atoms with Gasteiger partial charge in [-0.3, -0.25) is 14.4 Å². The zero-order chi connectivity index (χ0) is 24.8. The molecule has 0 radical (unpaired) electrons. The average Bonchev–Trinajstić information content (AvgIpc) is 3.39. The quantitative estimate of drug-likeness (QED) is 0.369. The third kappa shape index (κ3) is 5.78. The number of ether oxygens (including phenoxy) is 1. The van der Waals surface area contributed by atoms with Gasteiger partial charge in [-0.2, -0.15) is 0 Å². The second-order valence-corrected chi connectivity index (χ2v) is 8.90. The lowest BCUT2D eigenvalue weighted by atomic mass is 10.1. The number of rotatable bonds is 11. The van der Waals surface area contributed by atoms with E-state index in [9.17, 15) is 19.2 Å². The summed E-state index contributed by atoms with van der Waals surface area (Å²) in [6.07, 6.45) is 0.532. The highest BCUT2D eigenvalue weighted by molar-refractivity contribution is 7.14. The first kappa shape index (κ1) is 25.3. The van der Waals surface area contributed by atoms with Gasteiger partial charge in [-0.1, -0.05) is 26.0 Å². The average molecular weight is 488 g/mol. The summed E-state index contributed by atoms with van der Waals surface area (Å²) < 4.78 is 5.67. The molecule has 1 saturated heterocycles. The topological polar surface area (TPSA) is 121 Å². The van der Waals surface area contributed by atoms with Crippen LogP contribution in [0.3, 0.4) is 0 Å². The minimum absolute atomic E-state index is 0.130. The first-order valence-electron chi connectivity index (χ1n) is 11.1. The number of likely N-dealkylation sites (N-methyl/N-ethyl adjacent to an activating group) is 1. The maximum atomic E-state index is 13.1. The molecule has 182 valence electrons. The number of carbonyl (C=O) groups excluding carboxylic acids is 4. The lowest BCUT2D eigenvalue weighted by Crippen LogP contribution is -2.47. The van der Waals surface area contributed by atoms with E-state index in [1.54, 1.807) is 43.5 Å². The van der Waals surface area contributed by atoms with Crippen molar-refractivity contribution in [2.45, 2.75) is 38.8 Å². The lowest BCUT2D eigenvalue weighted by Gasteiger charge is -2.22. The molecule has 2 atom stereocenters. The van der Waals surface area contributed by atoms with Gasteiger partial charge in [0.1, 0.15) is 30.1 Å². The minimum atomic E-state index is -1.01. The van der Waals surface area contributed by atoms with Crippen LogP contribution in [0.4, 0.5) is 9.93 Å². The van der Waals surface area contributed by atoms with E-state index in [0.717, 1.165) is 22.8 Å². The molecule has 2 heterocycles. The summed E-state index contributed by atoms with van der Waals surface area (Å²) in [4.78, 5) is 57.5. The van der Waals surface area contributed by atoms with Gasteiger partial charge in [0, 0.05) is 18.3 Å². The zero-order valence-corrected chi connectivity index (χ0v) is 20.5. The molecule has 0 bridgehead atoms. The van der Waals surface area contributed by atoms with Gasteiger partial charge >= 0.3 is 6.03 Å². The van der Waals surface area contributed by atoms with Gasteiger partial charge in [0.15, 0.2) is 10.9 Å². The molecule has 1 aliphatic heterocycles. The molecule has 11 heteroatoms. The van der Waals surface area contributed by atoms with E-state index in [1.807, 2.05) is 19.0 Å². The van der Waals surface area contributed by atoms with Gasteiger partial charge in [0.05, 0.1) is 0 Å². The molecule has 0 saturated carbocycles. The molecule has 0 spiro atoms. The summed E-state index contributed by atoms with van der Waals surface area (Å²) in [6, 6.07) is 4.40. The Balaban J connectivity index is 1.67. The van der Waals surface area contributed by atoms with Crippen LogP contribution in [0.25, 0.3) is 0 Å². The number of hydrogen-bond acceptors (Lipinski definition) is 8. The second kappa shape index (κ2) is 11.2. The normalized spacial score (nSPS) is 16.5. The van der Waals surface area contributed by atoms with Crippen LogP contribution in [0.1, 0.15) is 48.8 Å².